The van der Waals surface area contributed by atoms with Crippen LogP contribution in [0.3, 0.4) is 0 Å². The molecule has 2 aromatic rings. The minimum atomic E-state index is -0.217. The molecule has 0 saturated carbocycles. The number of ether oxygens (including phenoxy) is 1. The highest BCUT2D eigenvalue weighted by Gasteiger charge is 2.30. The maximum atomic E-state index is 13.7. The van der Waals surface area contributed by atoms with Crippen molar-refractivity contribution in [3.05, 3.63) is 63.9 Å². The number of benzene rings is 2. The van der Waals surface area contributed by atoms with Gasteiger partial charge in [-0.2, -0.15) is 0 Å². The second kappa shape index (κ2) is 6.16. The second-order valence-electron chi connectivity index (χ2n) is 5.27. The fourth-order valence-corrected chi connectivity index (χ4v) is 3.34. The number of likely N-dealkylation sites (N-methyl/N-ethyl adjacent to an activating group) is 1. The molecule has 1 aliphatic rings. The van der Waals surface area contributed by atoms with Crippen LogP contribution in [-0.4, -0.2) is 19.7 Å². The maximum absolute atomic E-state index is 13.7. The van der Waals surface area contributed by atoms with Crippen molar-refractivity contribution < 1.29 is 9.13 Å². The van der Waals surface area contributed by atoms with Gasteiger partial charge in [0.25, 0.3) is 0 Å². The van der Waals surface area contributed by atoms with Crippen molar-refractivity contribution in [1.82, 2.24) is 5.32 Å². The van der Waals surface area contributed by atoms with Gasteiger partial charge >= 0.3 is 0 Å². The van der Waals surface area contributed by atoms with E-state index in [1.54, 1.807) is 6.07 Å². The monoisotopic (exact) mass is 349 g/mol. The van der Waals surface area contributed by atoms with Crippen molar-refractivity contribution in [2.75, 3.05) is 13.7 Å². The zero-order valence-electron chi connectivity index (χ0n) is 11.8. The van der Waals surface area contributed by atoms with Gasteiger partial charge in [0.1, 0.15) is 11.6 Å². The largest absolute Gasteiger partial charge is 0.493 e. The van der Waals surface area contributed by atoms with Crippen LogP contribution in [0, 0.1) is 5.82 Å². The highest BCUT2D eigenvalue weighted by atomic mass is 79.9. The first-order valence-corrected chi connectivity index (χ1v) is 7.82. The van der Waals surface area contributed by atoms with Crippen molar-refractivity contribution in [2.45, 2.75) is 18.4 Å². The molecular weight excluding hydrogens is 333 g/mol. The molecule has 110 valence electrons. The number of nitrogens with one attached hydrogen (secondary N) is 1. The first-order valence-electron chi connectivity index (χ1n) is 7.02. The fraction of sp³-hybridized carbons (Fsp3) is 0.294. The molecule has 0 spiro atoms. The Kier molecular flexibility index (Phi) is 4.27. The predicted octanol–water partition coefficient (Wildman–Crippen LogP) is 3.89. The number of rotatable bonds is 4. The average Bonchev–Trinajstić information content (AvgIpc) is 2.93. The minimum Gasteiger partial charge on any atom is -0.493 e. The highest BCUT2D eigenvalue weighted by molar-refractivity contribution is 9.10. The van der Waals surface area contributed by atoms with E-state index in [9.17, 15) is 4.39 Å². The molecule has 4 heteroatoms. The van der Waals surface area contributed by atoms with E-state index >= 15 is 0 Å². The van der Waals surface area contributed by atoms with Crippen LogP contribution in [0.2, 0.25) is 0 Å². The van der Waals surface area contributed by atoms with E-state index in [0.717, 1.165) is 17.7 Å². The second-order valence-corrected chi connectivity index (χ2v) is 6.06. The van der Waals surface area contributed by atoms with E-state index in [2.05, 4.69) is 27.3 Å². The zero-order valence-corrected chi connectivity index (χ0v) is 13.4. The molecule has 0 radical (unpaired) electrons. The van der Waals surface area contributed by atoms with Gasteiger partial charge in [-0.1, -0.05) is 30.3 Å². The summed E-state index contributed by atoms with van der Waals surface area (Å²) in [6, 6.07) is 13.5. The zero-order chi connectivity index (χ0) is 14.8. The van der Waals surface area contributed by atoms with Crippen LogP contribution in [0.1, 0.15) is 17.0 Å². The molecule has 0 bridgehead atoms. The van der Waals surface area contributed by atoms with E-state index < -0.39 is 0 Å². The first-order chi connectivity index (χ1) is 10.2. The van der Waals surface area contributed by atoms with Crippen molar-refractivity contribution >= 4 is 15.9 Å². The molecular formula is C17H17BrFNO. The summed E-state index contributed by atoms with van der Waals surface area (Å²) < 4.78 is 20.0. The van der Waals surface area contributed by atoms with Crippen LogP contribution < -0.4 is 10.1 Å². The number of halogens is 2. The molecule has 2 atom stereocenters. The molecule has 0 aliphatic carbocycles. The summed E-state index contributed by atoms with van der Waals surface area (Å²) in [7, 11) is 1.94. The SMILES string of the molecule is CNC(Cc1cccc(F)c1Br)C1COc2ccccc21. The number of hydrogen-bond donors (Lipinski definition) is 1. The van der Waals surface area contributed by atoms with E-state index in [4.69, 9.17) is 4.74 Å². The lowest BCUT2D eigenvalue weighted by Gasteiger charge is -2.23. The molecule has 1 aliphatic heterocycles. The molecule has 2 unspecified atom stereocenters. The van der Waals surface area contributed by atoms with Crippen LogP contribution in [0.5, 0.6) is 5.75 Å². The molecule has 0 aromatic heterocycles. The topological polar surface area (TPSA) is 21.3 Å². The van der Waals surface area contributed by atoms with E-state index in [-0.39, 0.29) is 17.8 Å². The van der Waals surface area contributed by atoms with Crippen molar-refractivity contribution in [2.24, 2.45) is 0 Å². The summed E-state index contributed by atoms with van der Waals surface area (Å²) in [6.07, 6.45) is 0.747. The van der Waals surface area contributed by atoms with Gasteiger partial charge in [0, 0.05) is 17.5 Å². The number of fused-ring (bicyclic) bond motifs is 1. The van der Waals surface area contributed by atoms with Crippen LogP contribution in [0.15, 0.2) is 46.9 Å². The van der Waals surface area contributed by atoms with Gasteiger partial charge < -0.3 is 10.1 Å². The third-order valence-electron chi connectivity index (χ3n) is 4.06. The molecule has 0 amide bonds. The summed E-state index contributed by atoms with van der Waals surface area (Å²) in [5.74, 6) is 1.02. The minimum absolute atomic E-state index is 0.201. The summed E-state index contributed by atoms with van der Waals surface area (Å²) in [4.78, 5) is 0. The van der Waals surface area contributed by atoms with Crippen molar-refractivity contribution in [1.29, 1.82) is 0 Å². The molecule has 3 rings (SSSR count). The van der Waals surface area contributed by atoms with Crippen LogP contribution in [0.4, 0.5) is 4.39 Å². The Hall–Kier alpha value is -1.39. The van der Waals surface area contributed by atoms with Crippen LogP contribution >= 0.6 is 15.9 Å². The Balaban J connectivity index is 1.85. The predicted molar refractivity (Wildman–Crippen MR) is 85.3 cm³/mol. The lowest BCUT2D eigenvalue weighted by Crippen LogP contribution is -2.35. The molecule has 21 heavy (non-hydrogen) atoms. The Morgan fingerprint density at radius 3 is 2.90 bits per heavy atom. The maximum Gasteiger partial charge on any atom is 0.137 e. The fourth-order valence-electron chi connectivity index (χ4n) is 2.91. The third kappa shape index (κ3) is 2.83. The Morgan fingerprint density at radius 1 is 1.29 bits per heavy atom. The molecule has 0 fully saturated rings. The van der Waals surface area contributed by atoms with Gasteiger partial charge in [-0.3, -0.25) is 0 Å². The molecule has 1 N–H and O–H groups in total. The van der Waals surface area contributed by atoms with Gasteiger partial charge in [-0.25, -0.2) is 4.39 Å². The van der Waals surface area contributed by atoms with Gasteiger partial charge in [0.15, 0.2) is 0 Å². The Morgan fingerprint density at radius 2 is 2.10 bits per heavy atom. The normalized spacial score (nSPS) is 18.1. The smallest absolute Gasteiger partial charge is 0.137 e. The van der Waals surface area contributed by atoms with E-state index in [0.29, 0.717) is 11.1 Å². The standard InChI is InChI=1S/C17H17BrFNO/c1-20-15(9-11-5-4-7-14(19)17(11)18)13-10-21-16-8-3-2-6-12(13)16/h2-8,13,15,20H,9-10H2,1H3. The quantitative estimate of drug-likeness (QED) is 0.903. The molecule has 0 saturated heterocycles. The van der Waals surface area contributed by atoms with Gasteiger partial charge in [0.05, 0.1) is 11.1 Å². The summed E-state index contributed by atoms with van der Waals surface area (Å²) in [6.45, 7) is 0.664. The van der Waals surface area contributed by atoms with Crippen LogP contribution in [-0.2, 0) is 6.42 Å². The Labute approximate surface area is 132 Å². The molecule has 1 heterocycles. The third-order valence-corrected chi connectivity index (χ3v) is 4.95. The summed E-state index contributed by atoms with van der Waals surface area (Å²) >= 11 is 3.34. The molecule has 2 nitrogen and oxygen atoms in total. The molecule has 2 aromatic carbocycles. The average molecular weight is 350 g/mol. The summed E-state index contributed by atoms with van der Waals surface area (Å²) in [5.41, 5.74) is 2.20. The van der Waals surface area contributed by atoms with Crippen molar-refractivity contribution in [3.63, 3.8) is 0 Å². The van der Waals surface area contributed by atoms with Crippen molar-refractivity contribution in [3.8, 4) is 5.75 Å². The lowest BCUT2D eigenvalue weighted by molar-refractivity contribution is 0.301. The van der Waals surface area contributed by atoms with Gasteiger partial charge in [-0.15, -0.1) is 0 Å². The van der Waals surface area contributed by atoms with Gasteiger partial charge in [-0.05, 0) is 47.1 Å². The van der Waals surface area contributed by atoms with Crippen LogP contribution in [0.25, 0.3) is 0 Å². The van der Waals surface area contributed by atoms with E-state index in [1.165, 1.54) is 11.6 Å². The lowest BCUT2D eigenvalue weighted by atomic mass is 9.89. The number of hydrogen-bond acceptors (Lipinski definition) is 2. The number of para-hydroxylation sites is 1. The summed E-state index contributed by atoms with van der Waals surface area (Å²) in [5, 5.41) is 3.36. The van der Waals surface area contributed by atoms with E-state index in [1.807, 2.05) is 31.3 Å². The Bertz CT molecular complexity index is 646. The van der Waals surface area contributed by atoms with Gasteiger partial charge in [0.2, 0.25) is 0 Å². The highest BCUT2D eigenvalue weighted by Crippen LogP contribution is 2.37. The first kappa shape index (κ1) is 14.5.